The van der Waals surface area contributed by atoms with E-state index in [1.807, 2.05) is 32.6 Å². The summed E-state index contributed by atoms with van der Waals surface area (Å²) in [5.74, 6) is -0.0909. The van der Waals surface area contributed by atoms with E-state index in [1.165, 1.54) is 30.4 Å². The van der Waals surface area contributed by atoms with Crippen molar-refractivity contribution in [2.75, 3.05) is 19.6 Å². The van der Waals surface area contributed by atoms with Crippen LogP contribution in [-0.2, 0) is 22.4 Å². The van der Waals surface area contributed by atoms with Gasteiger partial charge in [0.05, 0.1) is 19.1 Å². The van der Waals surface area contributed by atoms with E-state index < -0.39 is 0 Å². The van der Waals surface area contributed by atoms with Gasteiger partial charge in [-0.25, -0.2) is 0 Å². The minimum atomic E-state index is -0.0468. The third-order valence-electron chi connectivity index (χ3n) is 4.88. The topological polar surface area (TPSA) is 61.4 Å². The van der Waals surface area contributed by atoms with Crippen LogP contribution in [0.15, 0.2) is 18.2 Å². The van der Waals surface area contributed by atoms with Gasteiger partial charge >= 0.3 is 0 Å². The van der Waals surface area contributed by atoms with Gasteiger partial charge in [-0.15, -0.1) is 0 Å². The first-order valence-electron chi connectivity index (χ1n) is 9.81. The fourth-order valence-electron chi connectivity index (χ4n) is 3.45. The quantitative estimate of drug-likeness (QED) is 0.750. The molecule has 2 rings (SSSR count). The number of carbonyl (C=O) groups is 2. The predicted molar refractivity (Wildman–Crippen MR) is 105 cm³/mol. The van der Waals surface area contributed by atoms with E-state index >= 15 is 0 Å². The summed E-state index contributed by atoms with van der Waals surface area (Å²) in [7, 11) is 0. The first kappa shape index (κ1) is 20.4. The van der Waals surface area contributed by atoms with E-state index in [2.05, 4.69) is 28.8 Å². The summed E-state index contributed by atoms with van der Waals surface area (Å²) in [5.41, 5.74) is 4.03. The Morgan fingerprint density at radius 1 is 1.00 bits per heavy atom. The van der Waals surface area contributed by atoms with Gasteiger partial charge in [-0.05, 0) is 69.7 Å². The molecule has 0 unspecified atom stereocenters. The Morgan fingerprint density at radius 3 is 2.23 bits per heavy atom. The minimum absolute atomic E-state index is 0.0297. The third kappa shape index (κ3) is 6.13. The number of amides is 2. The molecule has 0 bridgehead atoms. The van der Waals surface area contributed by atoms with Crippen molar-refractivity contribution in [2.45, 2.75) is 65.5 Å². The van der Waals surface area contributed by atoms with Gasteiger partial charge in [0.15, 0.2) is 0 Å². The zero-order valence-corrected chi connectivity index (χ0v) is 16.6. The highest BCUT2D eigenvalue weighted by Crippen LogP contribution is 2.24. The zero-order valence-electron chi connectivity index (χ0n) is 16.6. The first-order chi connectivity index (χ1) is 12.4. The van der Waals surface area contributed by atoms with Crippen molar-refractivity contribution in [3.63, 3.8) is 0 Å². The van der Waals surface area contributed by atoms with E-state index in [0.717, 1.165) is 12.0 Å². The highest BCUT2D eigenvalue weighted by atomic mass is 16.2. The lowest BCUT2D eigenvalue weighted by Gasteiger charge is -2.23. The van der Waals surface area contributed by atoms with Crippen LogP contribution in [0.5, 0.6) is 0 Å². The molecule has 26 heavy (non-hydrogen) atoms. The standard InChI is InChI=1S/C21H33N3O2/c1-5-24(13-20(25)22-15(2)3)14-21(26)23-16(4)18-11-10-17-8-6-7-9-19(17)12-18/h10-12,15-16H,5-9,13-14H2,1-4H3,(H,22,25)(H,23,26)/t16-/m1/s1. The Balaban J connectivity index is 1.88. The number of nitrogens with one attached hydrogen (secondary N) is 2. The molecule has 1 aliphatic carbocycles. The average molecular weight is 360 g/mol. The van der Waals surface area contributed by atoms with Crippen LogP contribution in [0.1, 0.15) is 63.3 Å². The second-order valence-corrected chi connectivity index (χ2v) is 7.55. The number of hydrogen-bond donors (Lipinski definition) is 2. The minimum Gasteiger partial charge on any atom is -0.353 e. The fraction of sp³-hybridized carbons (Fsp3) is 0.619. The highest BCUT2D eigenvalue weighted by molar-refractivity contribution is 5.81. The first-order valence-corrected chi connectivity index (χ1v) is 9.81. The Hall–Kier alpha value is -1.88. The van der Waals surface area contributed by atoms with Crippen molar-refractivity contribution in [2.24, 2.45) is 0 Å². The molecule has 5 nitrogen and oxygen atoms in total. The molecule has 2 N–H and O–H groups in total. The predicted octanol–water partition coefficient (Wildman–Crippen LogP) is 2.59. The molecule has 1 atom stereocenters. The number of rotatable bonds is 8. The van der Waals surface area contributed by atoms with Crippen molar-refractivity contribution in [1.29, 1.82) is 0 Å². The summed E-state index contributed by atoms with van der Waals surface area (Å²) in [6.45, 7) is 8.98. The van der Waals surface area contributed by atoms with Gasteiger partial charge in [-0.2, -0.15) is 0 Å². The molecule has 1 aromatic rings. The van der Waals surface area contributed by atoms with Crippen LogP contribution in [0, 0.1) is 0 Å². The molecule has 0 radical (unpaired) electrons. The number of benzene rings is 1. The Bertz CT molecular complexity index is 628. The van der Waals surface area contributed by atoms with Crippen molar-refractivity contribution >= 4 is 11.8 Å². The molecule has 0 aromatic heterocycles. The number of aryl methyl sites for hydroxylation is 2. The lowest BCUT2D eigenvalue weighted by Crippen LogP contribution is -2.44. The molecular weight excluding hydrogens is 326 g/mol. The van der Waals surface area contributed by atoms with Gasteiger partial charge in [0, 0.05) is 6.04 Å². The highest BCUT2D eigenvalue weighted by Gasteiger charge is 2.17. The van der Waals surface area contributed by atoms with Crippen LogP contribution in [0.2, 0.25) is 0 Å². The normalized spacial score (nSPS) is 14.8. The summed E-state index contributed by atoms with van der Waals surface area (Å²) >= 11 is 0. The molecule has 2 amide bonds. The van der Waals surface area contributed by atoms with Gasteiger partial charge in [-0.3, -0.25) is 14.5 Å². The van der Waals surface area contributed by atoms with E-state index in [4.69, 9.17) is 0 Å². The van der Waals surface area contributed by atoms with Crippen molar-refractivity contribution in [1.82, 2.24) is 15.5 Å². The van der Waals surface area contributed by atoms with Crippen LogP contribution in [0.4, 0.5) is 0 Å². The average Bonchev–Trinajstić information content (AvgIpc) is 2.59. The number of nitrogens with zero attached hydrogens (tertiary/aromatic N) is 1. The monoisotopic (exact) mass is 359 g/mol. The van der Waals surface area contributed by atoms with Gasteiger partial charge in [0.2, 0.25) is 11.8 Å². The maximum atomic E-state index is 12.4. The van der Waals surface area contributed by atoms with E-state index in [-0.39, 0.29) is 37.0 Å². The maximum absolute atomic E-state index is 12.4. The Kier molecular flexibility index (Phi) is 7.64. The third-order valence-corrected chi connectivity index (χ3v) is 4.88. The van der Waals surface area contributed by atoms with E-state index in [1.54, 1.807) is 0 Å². The fourth-order valence-corrected chi connectivity index (χ4v) is 3.45. The second kappa shape index (κ2) is 9.72. The number of hydrogen-bond acceptors (Lipinski definition) is 3. The van der Waals surface area contributed by atoms with Crippen molar-refractivity contribution < 1.29 is 9.59 Å². The largest absolute Gasteiger partial charge is 0.353 e. The maximum Gasteiger partial charge on any atom is 0.234 e. The Morgan fingerprint density at radius 2 is 1.62 bits per heavy atom. The van der Waals surface area contributed by atoms with Gasteiger partial charge in [-0.1, -0.05) is 25.1 Å². The van der Waals surface area contributed by atoms with Crippen LogP contribution < -0.4 is 10.6 Å². The number of carbonyl (C=O) groups excluding carboxylic acids is 2. The van der Waals surface area contributed by atoms with Crippen LogP contribution in [0.25, 0.3) is 0 Å². The summed E-state index contributed by atoms with van der Waals surface area (Å²) in [6.07, 6.45) is 4.83. The molecule has 0 spiro atoms. The smallest absolute Gasteiger partial charge is 0.234 e. The molecule has 5 heteroatoms. The van der Waals surface area contributed by atoms with Crippen molar-refractivity contribution in [3.8, 4) is 0 Å². The van der Waals surface area contributed by atoms with E-state index in [9.17, 15) is 9.59 Å². The summed E-state index contributed by atoms with van der Waals surface area (Å²) in [6, 6.07) is 6.66. The SMILES string of the molecule is CCN(CC(=O)NC(C)C)CC(=O)N[C@H](C)c1ccc2c(c1)CCCC2. The van der Waals surface area contributed by atoms with Crippen LogP contribution >= 0.6 is 0 Å². The summed E-state index contributed by atoms with van der Waals surface area (Å²) in [4.78, 5) is 26.2. The number of fused-ring (bicyclic) bond motifs is 1. The van der Waals surface area contributed by atoms with Gasteiger partial charge in [0.25, 0.3) is 0 Å². The Labute approximate surface area is 157 Å². The molecule has 0 saturated heterocycles. The summed E-state index contributed by atoms with van der Waals surface area (Å²) in [5, 5.41) is 5.93. The molecule has 0 heterocycles. The lowest BCUT2D eigenvalue weighted by atomic mass is 9.89. The van der Waals surface area contributed by atoms with E-state index in [0.29, 0.717) is 6.54 Å². The molecular formula is C21H33N3O2. The second-order valence-electron chi connectivity index (χ2n) is 7.55. The zero-order chi connectivity index (χ0) is 19.1. The van der Waals surface area contributed by atoms with Crippen LogP contribution in [-0.4, -0.2) is 42.4 Å². The molecule has 0 fully saturated rings. The van der Waals surface area contributed by atoms with Crippen LogP contribution in [0.3, 0.4) is 0 Å². The van der Waals surface area contributed by atoms with Gasteiger partial charge < -0.3 is 10.6 Å². The summed E-state index contributed by atoms with van der Waals surface area (Å²) < 4.78 is 0. The molecule has 144 valence electrons. The van der Waals surface area contributed by atoms with Gasteiger partial charge in [0.1, 0.15) is 0 Å². The number of likely N-dealkylation sites (N-methyl/N-ethyl adjacent to an activating group) is 1. The molecule has 1 aliphatic rings. The molecule has 0 saturated carbocycles. The molecule has 0 aliphatic heterocycles. The van der Waals surface area contributed by atoms with Crippen molar-refractivity contribution in [3.05, 3.63) is 34.9 Å². The molecule has 1 aromatic carbocycles. The lowest BCUT2D eigenvalue weighted by molar-refractivity contribution is -0.125.